The number of hydrogen-bond donors (Lipinski definition) is 0. The summed E-state index contributed by atoms with van der Waals surface area (Å²) < 4.78 is 5.33. The lowest BCUT2D eigenvalue weighted by molar-refractivity contribution is -0.167. The molecule has 0 aliphatic carbocycles. The fraction of sp³-hybridized carbons (Fsp3) is 0.480. The van der Waals surface area contributed by atoms with Crippen LogP contribution in [0.3, 0.4) is 0 Å². The zero-order valence-electron chi connectivity index (χ0n) is 17.4. The first-order valence-electron chi connectivity index (χ1n) is 10.8. The highest BCUT2D eigenvalue weighted by atomic mass is 16.5. The van der Waals surface area contributed by atoms with E-state index < -0.39 is 0 Å². The Morgan fingerprint density at radius 1 is 1.00 bits per heavy atom. The first-order chi connectivity index (χ1) is 14.2. The van der Waals surface area contributed by atoms with E-state index in [-0.39, 0.29) is 11.4 Å². The number of benzene rings is 2. The van der Waals surface area contributed by atoms with Crippen LogP contribution in [0.2, 0.25) is 0 Å². The average Bonchev–Trinajstić information content (AvgIpc) is 2.78. The Morgan fingerprint density at radius 2 is 1.69 bits per heavy atom. The molecule has 4 heteroatoms. The third kappa shape index (κ3) is 4.54. The third-order valence-electron chi connectivity index (χ3n) is 6.83. The highest BCUT2D eigenvalue weighted by Gasteiger charge is 2.52. The van der Waals surface area contributed by atoms with Crippen molar-refractivity contribution in [3.05, 3.63) is 71.8 Å². The smallest absolute Gasteiger partial charge is 0.313 e. The molecule has 154 valence electrons. The fourth-order valence-electron chi connectivity index (χ4n) is 5.18. The van der Waals surface area contributed by atoms with Crippen molar-refractivity contribution in [1.82, 2.24) is 9.80 Å². The van der Waals surface area contributed by atoms with Crippen LogP contribution < -0.4 is 0 Å². The molecule has 2 aromatic rings. The SMILES string of the molecule is COC(=O)C12CCN(Cc3ccccc3)CC1CCN(CCc1ccccc1)C2. The molecule has 2 unspecified atom stereocenters. The predicted octanol–water partition coefficient (Wildman–Crippen LogP) is 3.62. The van der Waals surface area contributed by atoms with E-state index in [0.717, 1.165) is 58.5 Å². The third-order valence-corrected chi connectivity index (χ3v) is 6.83. The van der Waals surface area contributed by atoms with Crippen molar-refractivity contribution in [3.8, 4) is 0 Å². The molecule has 0 aromatic heterocycles. The Labute approximate surface area is 174 Å². The van der Waals surface area contributed by atoms with Gasteiger partial charge in [-0.3, -0.25) is 9.69 Å². The zero-order chi connectivity index (χ0) is 20.1. The summed E-state index contributed by atoms with van der Waals surface area (Å²) in [6, 6.07) is 21.3. The number of piperidine rings is 2. The number of ether oxygens (including phenoxy) is 1. The van der Waals surface area contributed by atoms with E-state index in [4.69, 9.17) is 4.74 Å². The van der Waals surface area contributed by atoms with Gasteiger partial charge in [0.05, 0.1) is 12.5 Å². The van der Waals surface area contributed by atoms with E-state index >= 15 is 0 Å². The molecule has 2 saturated heterocycles. The minimum atomic E-state index is -0.350. The maximum Gasteiger partial charge on any atom is 0.313 e. The molecule has 4 rings (SSSR count). The molecule has 2 heterocycles. The van der Waals surface area contributed by atoms with Gasteiger partial charge in [-0.05, 0) is 49.4 Å². The second-order valence-electron chi connectivity index (χ2n) is 8.62. The summed E-state index contributed by atoms with van der Waals surface area (Å²) in [5.41, 5.74) is 2.36. The molecule has 2 atom stereocenters. The van der Waals surface area contributed by atoms with E-state index in [9.17, 15) is 4.79 Å². The van der Waals surface area contributed by atoms with Gasteiger partial charge in [0.15, 0.2) is 0 Å². The second kappa shape index (κ2) is 9.10. The molecular weight excluding hydrogens is 360 g/mol. The molecule has 4 nitrogen and oxygen atoms in total. The lowest BCUT2D eigenvalue weighted by Gasteiger charge is -2.51. The number of hydrogen-bond acceptors (Lipinski definition) is 4. The molecule has 0 saturated carbocycles. The summed E-state index contributed by atoms with van der Waals surface area (Å²) in [6.45, 7) is 5.80. The first kappa shape index (κ1) is 20.1. The number of rotatable bonds is 6. The molecule has 0 N–H and O–H groups in total. The summed E-state index contributed by atoms with van der Waals surface area (Å²) in [6.07, 6.45) is 2.98. The molecule has 0 bridgehead atoms. The molecular formula is C25H32N2O2. The van der Waals surface area contributed by atoms with Gasteiger partial charge in [-0.1, -0.05) is 60.7 Å². The lowest BCUT2D eigenvalue weighted by Crippen LogP contribution is -2.60. The van der Waals surface area contributed by atoms with Crippen molar-refractivity contribution in [3.63, 3.8) is 0 Å². The van der Waals surface area contributed by atoms with Crippen molar-refractivity contribution in [1.29, 1.82) is 0 Å². The Kier molecular flexibility index (Phi) is 6.31. The van der Waals surface area contributed by atoms with Crippen molar-refractivity contribution in [2.45, 2.75) is 25.8 Å². The summed E-state index contributed by atoms with van der Waals surface area (Å²) in [5, 5.41) is 0. The van der Waals surface area contributed by atoms with Gasteiger partial charge >= 0.3 is 5.97 Å². The van der Waals surface area contributed by atoms with Crippen LogP contribution in [0, 0.1) is 11.3 Å². The second-order valence-corrected chi connectivity index (χ2v) is 8.62. The lowest BCUT2D eigenvalue weighted by atomic mass is 9.66. The highest BCUT2D eigenvalue weighted by molar-refractivity contribution is 5.78. The van der Waals surface area contributed by atoms with Gasteiger partial charge in [-0.2, -0.15) is 0 Å². The Balaban J connectivity index is 1.42. The number of esters is 1. The number of carbonyl (C=O) groups excluding carboxylic acids is 1. The van der Waals surface area contributed by atoms with Crippen LogP contribution in [0.25, 0.3) is 0 Å². The minimum absolute atomic E-state index is 0.00808. The van der Waals surface area contributed by atoms with Crippen molar-refractivity contribution < 1.29 is 9.53 Å². The zero-order valence-corrected chi connectivity index (χ0v) is 17.4. The van der Waals surface area contributed by atoms with Gasteiger partial charge in [0, 0.05) is 26.2 Å². The van der Waals surface area contributed by atoms with Crippen LogP contribution in [0.1, 0.15) is 24.0 Å². The van der Waals surface area contributed by atoms with E-state index in [1.807, 2.05) is 0 Å². The standard InChI is InChI=1S/C25H32N2O2/c1-29-24(28)25-14-17-27(18-22-10-6-3-7-11-22)19-23(25)13-16-26(20-25)15-12-21-8-4-2-5-9-21/h2-11,23H,12-20H2,1H3. The van der Waals surface area contributed by atoms with Gasteiger partial charge < -0.3 is 9.64 Å². The normalized spacial score (nSPS) is 25.3. The molecule has 0 amide bonds. The number of fused-ring (bicyclic) bond motifs is 1. The van der Waals surface area contributed by atoms with Crippen LogP contribution in [0.4, 0.5) is 0 Å². The van der Waals surface area contributed by atoms with Crippen LogP contribution >= 0.6 is 0 Å². The fourth-order valence-corrected chi connectivity index (χ4v) is 5.18. The maximum atomic E-state index is 12.9. The summed E-state index contributed by atoms with van der Waals surface area (Å²) in [7, 11) is 1.55. The number of carbonyl (C=O) groups is 1. The van der Waals surface area contributed by atoms with Crippen LogP contribution in [0.5, 0.6) is 0 Å². The van der Waals surface area contributed by atoms with Crippen molar-refractivity contribution in [2.24, 2.45) is 11.3 Å². The van der Waals surface area contributed by atoms with Crippen molar-refractivity contribution >= 4 is 5.97 Å². The molecule has 2 aliphatic heterocycles. The van der Waals surface area contributed by atoms with E-state index in [1.165, 1.54) is 11.1 Å². The van der Waals surface area contributed by atoms with Gasteiger partial charge in [-0.25, -0.2) is 0 Å². The quantitative estimate of drug-likeness (QED) is 0.703. The van der Waals surface area contributed by atoms with Gasteiger partial charge in [-0.15, -0.1) is 0 Å². The average molecular weight is 393 g/mol. The number of likely N-dealkylation sites (tertiary alicyclic amines) is 2. The highest BCUT2D eigenvalue weighted by Crippen LogP contribution is 2.43. The number of nitrogens with zero attached hydrogens (tertiary/aromatic N) is 2. The van der Waals surface area contributed by atoms with Crippen molar-refractivity contribution in [2.75, 3.05) is 39.8 Å². The topological polar surface area (TPSA) is 32.8 Å². The largest absolute Gasteiger partial charge is 0.469 e. The monoisotopic (exact) mass is 392 g/mol. The summed E-state index contributed by atoms with van der Waals surface area (Å²) in [4.78, 5) is 17.9. The molecule has 29 heavy (non-hydrogen) atoms. The molecule has 2 aliphatic rings. The molecule has 0 radical (unpaired) electrons. The molecule has 0 spiro atoms. The predicted molar refractivity (Wildman–Crippen MR) is 115 cm³/mol. The van der Waals surface area contributed by atoms with E-state index in [0.29, 0.717) is 5.92 Å². The van der Waals surface area contributed by atoms with Gasteiger partial charge in [0.1, 0.15) is 0 Å². The van der Waals surface area contributed by atoms with Crippen LogP contribution in [0.15, 0.2) is 60.7 Å². The molecule has 2 fully saturated rings. The minimum Gasteiger partial charge on any atom is -0.469 e. The van der Waals surface area contributed by atoms with Gasteiger partial charge in [0.25, 0.3) is 0 Å². The summed E-state index contributed by atoms with van der Waals surface area (Å²) >= 11 is 0. The van der Waals surface area contributed by atoms with Crippen LogP contribution in [-0.2, 0) is 22.5 Å². The summed E-state index contributed by atoms with van der Waals surface area (Å²) in [5.74, 6) is 0.367. The van der Waals surface area contributed by atoms with E-state index in [2.05, 4.69) is 70.5 Å². The van der Waals surface area contributed by atoms with Gasteiger partial charge in [0.2, 0.25) is 0 Å². The van der Waals surface area contributed by atoms with Crippen LogP contribution in [-0.4, -0.2) is 55.6 Å². The Bertz CT molecular complexity index is 795. The Hall–Kier alpha value is -2.17. The first-order valence-corrected chi connectivity index (χ1v) is 10.8. The molecule has 2 aromatic carbocycles. The van der Waals surface area contributed by atoms with E-state index in [1.54, 1.807) is 7.11 Å². The maximum absolute atomic E-state index is 12.9. The number of methoxy groups -OCH3 is 1. The Morgan fingerprint density at radius 3 is 2.38 bits per heavy atom.